The van der Waals surface area contributed by atoms with Crippen LogP contribution in [0, 0.1) is 13.8 Å². The predicted octanol–water partition coefficient (Wildman–Crippen LogP) is 3.66. The quantitative estimate of drug-likeness (QED) is 0.371. The zero-order chi connectivity index (χ0) is 24.3. The standard InChI is InChI=1S/C24H30N3O4S/c1-16(12-25-13-19(4)32(7,30)31)10-23(28)24(5,6)21-9-8-20(11-17(21)2)22-14-26-18(3)15-27(22)29/h8-9,11-15H,1,10H2,2-7H3,(H,26,29)/q+1/b19-13+,25-12-. The number of sulfone groups is 1. The van der Waals surface area contributed by atoms with Gasteiger partial charge in [0.25, 0.3) is 5.69 Å². The lowest BCUT2D eigenvalue weighted by molar-refractivity contribution is -0.896. The molecule has 170 valence electrons. The number of hydrogen-bond donors (Lipinski definition) is 1. The molecule has 0 amide bonds. The van der Waals surface area contributed by atoms with E-state index in [1.807, 2.05) is 39.0 Å². The number of rotatable bonds is 8. The van der Waals surface area contributed by atoms with Crippen molar-refractivity contribution in [3.63, 3.8) is 0 Å². The van der Waals surface area contributed by atoms with E-state index in [2.05, 4.69) is 16.6 Å². The fraction of sp³-hybridized carbons (Fsp3) is 0.333. The topological polar surface area (TPSA) is 101 Å². The molecule has 2 aromatic rings. The fourth-order valence-corrected chi connectivity index (χ4v) is 3.45. The number of hydrogen-bond acceptors (Lipinski definition) is 6. The van der Waals surface area contributed by atoms with Crippen LogP contribution in [0.5, 0.6) is 0 Å². The van der Waals surface area contributed by atoms with Gasteiger partial charge in [-0.3, -0.25) is 15.0 Å². The molecule has 1 heterocycles. The van der Waals surface area contributed by atoms with Crippen molar-refractivity contribution < 1.29 is 23.1 Å². The van der Waals surface area contributed by atoms with E-state index in [4.69, 9.17) is 0 Å². The number of aromatic nitrogens is 2. The first kappa shape index (κ1) is 25.1. The summed E-state index contributed by atoms with van der Waals surface area (Å²) in [6.07, 6.45) is 6.98. The highest BCUT2D eigenvalue weighted by molar-refractivity contribution is 7.94. The van der Waals surface area contributed by atoms with Crippen molar-refractivity contribution in [1.82, 2.24) is 4.98 Å². The predicted molar refractivity (Wildman–Crippen MR) is 125 cm³/mol. The van der Waals surface area contributed by atoms with E-state index in [0.717, 1.165) is 27.7 Å². The lowest BCUT2D eigenvalue weighted by Gasteiger charge is -2.26. The highest BCUT2D eigenvalue weighted by atomic mass is 32.2. The molecule has 0 atom stereocenters. The summed E-state index contributed by atoms with van der Waals surface area (Å²) in [6.45, 7) is 12.8. The minimum Gasteiger partial charge on any atom is -0.298 e. The molecule has 0 spiro atoms. The number of ketones is 1. The number of aliphatic imine (C=N–C) groups is 1. The monoisotopic (exact) mass is 456 g/mol. The average molecular weight is 457 g/mol. The van der Waals surface area contributed by atoms with Crippen molar-refractivity contribution in [2.75, 3.05) is 6.26 Å². The molecule has 0 aliphatic rings. The molecule has 1 N–H and O–H groups in total. The second kappa shape index (κ2) is 9.56. The Hall–Kier alpha value is -3.13. The summed E-state index contributed by atoms with van der Waals surface area (Å²) in [4.78, 5) is 21.4. The van der Waals surface area contributed by atoms with Gasteiger partial charge in [0.15, 0.2) is 9.84 Å². The molecular weight excluding hydrogens is 426 g/mol. The molecule has 0 saturated carbocycles. The molecule has 0 aliphatic carbocycles. The minimum absolute atomic E-state index is 0.0390. The van der Waals surface area contributed by atoms with Crippen LogP contribution in [0.15, 0.2) is 58.8 Å². The third kappa shape index (κ3) is 5.97. The van der Waals surface area contributed by atoms with E-state index >= 15 is 0 Å². The molecule has 1 aromatic heterocycles. The normalized spacial score (nSPS) is 12.9. The van der Waals surface area contributed by atoms with Gasteiger partial charge in [0, 0.05) is 35.2 Å². The Bertz CT molecular complexity index is 1230. The molecule has 32 heavy (non-hydrogen) atoms. The van der Waals surface area contributed by atoms with Crippen molar-refractivity contribution in [3.8, 4) is 11.3 Å². The van der Waals surface area contributed by atoms with Gasteiger partial charge in [0.1, 0.15) is 17.7 Å². The van der Waals surface area contributed by atoms with Gasteiger partial charge in [-0.05, 0) is 63.5 Å². The molecular formula is C24H30N3O4S+. The van der Waals surface area contributed by atoms with Gasteiger partial charge in [-0.15, -0.1) is 0 Å². The third-order valence-corrected chi connectivity index (χ3v) is 6.60. The first-order chi connectivity index (χ1) is 14.7. The number of benzene rings is 1. The van der Waals surface area contributed by atoms with Crippen LogP contribution in [-0.4, -0.2) is 36.9 Å². The number of aryl methyl sites for hydroxylation is 2. The number of nitrogens with zero attached hydrogens (tertiary/aromatic N) is 3. The molecule has 8 heteroatoms. The van der Waals surface area contributed by atoms with Crippen molar-refractivity contribution in [1.29, 1.82) is 0 Å². The zero-order valence-electron chi connectivity index (χ0n) is 19.4. The molecule has 2 rings (SSSR count). The first-order valence-electron chi connectivity index (χ1n) is 10.0. The number of Topliss-reactive ketones (excluding diaryl/α,β-unsaturated/α-hetero) is 1. The van der Waals surface area contributed by atoms with Crippen LogP contribution in [0.25, 0.3) is 11.3 Å². The maximum atomic E-state index is 13.0. The van der Waals surface area contributed by atoms with E-state index in [1.54, 1.807) is 13.1 Å². The summed E-state index contributed by atoms with van der Waals surface area (Å²) >= 11 is 0. The van der Waals surface area contributed by atoms with Crippen LogP contribution in [0.3, 0.4) is 0 Å². The zero-order valence-corrected chi connectivity index (χ0v) is 20.2. The largest absolute Gasteiger partial charge is 0.298 e. The molecule has 0 aliphatic heterocycles. The second-order valence-corrected chi connectivity index (χ2v) is 10.6. The molecule has 0 radical (unpaired) electrons. The Labute approximate surface area is 189 Å². The van der Waals surface area contributed by atoms with Gasteiger partial charge in [-0.2, -0.15) is 0 Å². The minimum atomic E-state index is -3.29. The SMILES string of the molecule is C=C(/C=N\C=C(/C)S(C)(=O)=O)CC(=O)C(C)(C)c1ccc(-c2cnc(C)c[n+]2O)cc1C. The molecule has 0 unspecified atom stereocenters. The maximum absolute atomic E-state index is 13.0. The summed E-state index contributed by atoms with van der Waals surface area (Å²) in [5.74, 6) is -0.0390. The Morgan fingerprint density at radius 1 is 1.31 bits per heavy atom. The maximum Gasteiger partial charge on any atom is 0.282 e. The Morgan fingerprint density at radius 3 is 2.53 bits per heavy atom. The van der Waals surface area contributed by atoms with E-state index < -0.39 is 15.3 Å². The van der Waals surface area contributed by atoms with Crippen LogP contribution in [0.4, 0.5) is 0 Å². The lowest BCUT2D eigenvalue weighted by atomic mass is 9.76. The van der Waals surface area contributed by atoms with Crippen molar-refractivity contribution >= 4 is 21.8 Å². The average Bonchev–Trinajstić information content (AvgIpc) is 2.66. The van der Waals surface area contributed by atoms with Crippen LogP contribution < -0.4 is 4.73 Å². The summed E-state index contributed by atoms with van der Waals surface area (Å²) in [5.41, 5.74) is 3.52. The molecule has 0 fully saturated rings. The Balaban J connectivity index is 2.21. The Kier molecular flexibility index (Phi) is 7.51. The van der Waals surface area contributed by atoms with Crippen molar-refractivity contribution in [2.45, 2.75) is 46.5 Å². The van der Waals surface area contributed by atoms with Crippen LogP contribution >= 0.6 is 0 Å². The van der Waals surface area contributed by atoms with Crippen LogP contribution in [0.1, 0.15) is 44.0 Å². The Morgan fingerprint density at radius 2 is 1.97 bits per heavy atom. The van der Waals surface area contributed by atoms with E-state index in [-0.39, 0.29) is 17.1 Å². The summed E-state index contributed by atoms with van der Waals surface area (Å²) in [7, 11) is -3.29. The second-order valence-electron chi connectivity index (χ2n) is 8.46. The summed E-state index contributed by atoms with van der Waals surface area (Å²) < 4.78 is 23.9. The number of carbonyl (C=O) groups is 1. The van der Waals surface area contributed by atoms with Gasteiger partial charge < -0.3 is 0 Å². The van der Waals surface area contributed by atoms with Gasteiger partial charge in [-0.25, -0.2) is 13.4 Å². The van der Waals surface area contributed by atoms with Crippen molar-refractivity contribution in [2.24, 2.45) is 4.99 Å². The molecule has 1 aromatic carbocycles. The summed E-state index contributed by atoms with van der Waals surface area (Å²) in [5, 5.41) is 10.2. The van der Waals surface area contributed by atoms with Crippen LogP contribution in [0.2, 0.25) is 0 Å². The van der Waals surface area contributed by atoms with Crippen molar-refractivity contribution in [3.05, 3.63) is 70.7 Å². The van der Waals surface area contributed by atoms with Gasteiger partial charge in [0.05, 0.1) is 10.5 Å². The van der Waals surface area contributed by atoms with Gasteiger partial charge >= 0.3 is 0 Å². The van der Waals surface area contributed by atoms with E-state index in [9.17, 15) is 18.4 Å². The van der Waals surface area contributed by atoms with Gasteiger partial charge in [0.2, 0.25) is 6.20 Å². The highest BCUT2D eigenvalue weighted by Gasteiger charge is 2.31. The lowest BCUT2D eigenvalue weighted by Crippen LogP contribution is -2.33. The number of allylic oxidation sites excluding steroid dienone is 2. The van der Waals surface area contributed by atoms with Gasteiger partial charge in [-0.1, -0.05) is 12.6 Å². The highest BCUT2D eigenvalue weighted by Crippen LogP contribution is 2.31. The number of carbonyl (C=O) groups excluding carboxylic acids is 1. The van der Waals surface area contributed by atoms with E-state index in [0.29, 0.717) is 17.0 Å². The van der Waals surface area contributed by atoms with E-state index in [1.165, 1.54) is 25.5 Å². The molecule has 7 nitrogen and oxygen atoms in total. The summed E-state index contributed by atoms with van der Waals surface area (Å²) in [6, 6.07) is 5.65. The first-order valence-corrected chi connectivity index (χ1v) is 11.9. The molecule has 0 saturated heterocycles. The molecule has 0 bridgehead atoms. The third-order valence-electron chi connectivity index (χ3n) is 5.32. The smallest absolute Gasteiger partial charge is 0.282 e. The van der Waals surface area contributed by atoms with Crippen LogP contribution in [-0.2, 0) is 20.0 Å². The fourth-order valence-electron chi connectivity index (χ4n) is 3.20.